The molecule has 0 radical (unpaired) electrons. The van der Waals surface area contributed by atoms with Crippen molar-refractivity contribution in [1.29, 1.82) is 0 Å². The van der Waals surface area contributed by atoms with Gasteiger partial charge in [0.05, 0.1) is 6.20 Å². The zero-order chi connectivity index (χ0) is 15.4. The van der Waals surface area contributed by atoms with Crippen molar-refractivity contribution >= 4 is 12.0 Å². The summed E-state index contributed by atoms with van der Waals surface area (Å²) in [6.45, 7) is 0. The van der Waals surface area contributed by atoms with Crippen molar-refractivity contribution in [2.45, 2.75) is 44.2 Å². The van der Waals surface area contributed by atoms with E-state index in [-0.39, 0.29) is 12.1 Å². The first-order chi connectivity index (χ1) is 9.99. The average molecular weight is 294 g/mol. The van der Waals surface area contributed by atoms with Crippen molar-refractivity contribution in [3.8, 4) is 0 Å². The number of urea groups is 1. The maximum Gasteiger partial charge on any atom is 0.331 e. The number of carbonyl (C=O) groups is 2. The highest BCUT2D eigenvalue weighted by Crippen LogP contribution is 2.22. The minimum atomic E-state index is -1.09. The highest BCUT2D eigenvalue weighted by molar-refractivity contribution is 5.83. The second kappa shape index (κ2) is 6.60. The third-order valence-electron chi connectivity index (χ3n) is 4.02. The Labute approximate surface area is 123 Å². The molecule has 1 aliphatic carbocycles. The van der Waals surface area contributed by atoms with E-state index in [0.717, 1.165) is 25.7 Å². The van der Waals surface area contributed by atoms with Crippen LogP contribution >= 0.6 is 0 Å². The number of hydrogen-bond acceptors (Lipinski definition) is 3. The number of amides is 2. The van der Waals surface area contributed by atoms with Gasteiger partial charge in [0.1, 0.15) is 0 Å². The number of rotatable bonds is 4. The van der Waals surface area contributed by atoms with E-state index in [0.29, 0.717) is 5.56 Å². The van der Waals surface area contributed by atoms with Crippen LogP contribution in [-0.2, 0) is 11.8 Å². The molecule has 7 heteroatoms. The molecule has 0 aliphatic heterocycles. The predicted molar refractivity (Wildman–Crippen MR) is 76.8 cm³/mol. The Balaban J connectivity index is 2.02. The highest BCUT2D eigenvalue weighted by atomic mass is 16.4. The molecule has 1 saturated carbocycles. The molecule has 116 valence electrons. The molecule has 21 heavy (non-hydrogen) atoms. The fourth-order valence-corrected chi connectivity index (χ4v) is 2.74. The summed E-state index contributed by atoms with van der Waals surface area (Å²) in [6.07, 6.45) is 8.46. The molecule has 7 nitrogen and oxygen atoms in total. The first-order valence-electron chi connectivity index (χ1n) is 7.23. The number of aromatic nitrogens is 2. The summed E-state index contributed by atoms with van der Waals surface area (Å²) < 4.78 is 1.52. The SMILES string of the molecule is CN(C(=O)NC(C(=O)O)c1cnn(C)c1)C1CCCCC1. The molecule has 2 N–H and O–H groups in total. The van der Waals surface area contributed by atoms with Crippen LogP contribution in [0.25, 0.3) is 0 Å². The molecule has 1 fully saturated rings. The summed E-state index contributed by atoms with van der Waals surface area (Å²) in [6, 6.07) is -1.22. The molecular weight excluding hydrogens is 272 g/mol. The largest absolute Gasteiger partial charge is 0.479 e. The van der Waals surface area contributed by atoms with Crippen LogP contribution in [0.2, 0.25) is 0 Å². The summed E-state index contributed by atoms with van der Waals surface area (Å²) in [7, 11) is 3.44. The van der Waals surface area contributed by atoms with Gasteiger partial charge in [0.15, 0.2) is 6.04 Å². The maximum absolute atomic E-state index is 12.3. The number of carboxylic acids is 1. The molecule has 1 heterocycles. The third kappa shape index (κ3) is 3.74. The molecule has 1 atom stereocenters. The van der Waals surface area contributed by atoms with Gasteiger partial charge in [-0.05, 0) is 12.8 Å². The summed E-state index contributed by atoms with van der Waals surface area (Å²) in [4.78, 5) is 25.3. The summed E-state index contributed by atoms with van der Waals surface area (Å²) in [5.41, 5.74) is 0.468. The van der Waals surface area contributed by atoms with Gasteiger partial charge in [-0.1, -0.05) is 19.3 Å². The van der Waals surface area contributed by atoms with Crippen molar-refractivity contribution in [3.63, 3.8) is 0 Å². The van der Waals surface area contributed by atoms with Gasteiger partial charge >= 0.3 is 12.0 Å². The lowest BCUT2D eigenvalue weighted by molar-refractivity contribution is -0.139. The maximum atomic E-state index is 12.3. The number of hydrogen-bond donors (Lipinski definition) is 2. The van der Waals surface area contributed by atoms with E-state index in [9.17, 15) is 14.7 Å². The number of aryl methyl sites for hydroxylation is 1. The molecule has 1 aromatic rings. The van der Waals surface area contributed by atoms with Gasteiger partial charge < -0.3 is 15.3 Å². The Kier molecular flexibility index (Phi) is 4.82. The lowest BCUT2D eigenvalue weighted by Gasteiger charge is -2.32. The topological polar surface area (TPSA) is 87.5 Å². The van der Waals surface area contributed by atoms with Crippen LogP contribution in [0.5, 0.6) is 0 Å². The van der Waals surface area contributed by atoms with Crippen LogP contribution in [0, 0.1) is 0 Å². The van der Waals surface area contributed by atoms with E-state index in [1.807, 2.05) is 0 Å². The van der Waals surface area contributed by atoms with Gasteiger partial charge in [0.2, 0.25) is 0 Å². The van der Waals surface area contributed by atoms with E-state index >= 15 is 0 Å². The van der Waals surface area contributed by atoms with Crippen molar-refractivity contribution in [3.05, 3.63) is 18.0 Å². The Bertz CT molecular complexity index is 508. The normalized spacial score (nSPS) is 17.2. The van der Waals surface area contributed by atoms with Crippen LogP contribution in [-0.4, -0.2) is 44.9 Å². The van der Waals surface area contributed by atoms with Crippen molar-refractivity contribution in [2.24, 2.45) is 7.05 Å². The zero-order valence-corrected chi connectivity index (χ0v) is 12.5. The smallest absolute Gasteiger partial charge is 0.331 e. The molecule has 2 amide bonds. The van der Waals surface area contributed by atoms with Crippen LogP contribution in [0.3, 0.4) is 0 Å². The van der Waals surface area contributed by atoms with Gasteiger partial charge in [0.25, 0.3) is 0 Å². The molecular formula is C14H22N4O3. The van der Waals surface area contributed by atoms with Crippen LogP contribution < -0.4 is 5.32 Å². The predicted octanol–water partition coefficient (Wildman–Crippen LogP) is 1.52. The first kappa shape index (κ1) is 15.3. The van der Waals surface area contributed by atoms with Crippen molar-refractivity contribution in [1.82, 2.24) is 20.0 Å². The van der Waals surface area contributed by atoms with E-state index in [1.165, 1.54) is 17.3 Å². The molecule has 2 rings (SSSR count). The zero-order valence-electron chi connectivity index (χ0n) is 12.5. The van der Waals surface area contributed by atoms with Gasteiger partial charge in [-0.15, -0.1) is 0 Å². The highest BCUT2D eigenvalue weighted by Gasteiger charge is 2.28. The molecule has 0 saturated heterocycles. The quantitative estimate of drug-likeness (QED) is 0.881. The minimum absolute atomic E-state index is 0.196. The molecule has 0 bridgehead atoms. The fourth-order valence-electron chi connectivity index (χ4n) is 2.74. The Morgan fingerprint density at radius 1 is 1.43 bits per heavy atom. The second-order valence-corrected chi connectivity index (χ2v) is 5.57. The molecule has 0 spiro atoms. The van der Waals surface area contributed by atoms with E-state index in [2.05, 4.69) is 10.4 Å². The molecule has 0 aromatic carbocycles. The minimum Gasteiger partial charge on any atom is -0.479 e. The van der Waals surface area contributed by atoms with Gasteiger partial charge in [-0.25, -0.2) is 9.59 Å². The standard InChI is InChI=1S/C14H22N4O3/c1-17-9-10(8-15-17)12(13(19)20)16-14(21)18(2)11-6-4-3-5-7-11/h8-9,11-12H,3-7H2,1-2H3,(H,16,21)(H,19,20). The number of nitrogens with zero attached hydrogens (tertiary/aromatic N) is 3. The second-order valence-electron chi connectivity index (χ2n) is 5.57. The van der Waals surface area contributed by atoms with Gasteiger partial charge in [-0.2, -0.15) is 5.10 Å². The van der Waals surface area contributed by atoms with E-state index in [4.69, 9.17) is 0 Å². The summed E-state index contributed by atoms with van der Waals surface area (Å²) in [5.74, 6) is -1.09. The summed E-state index contributed by atoms with van der Waals surface area (Å²) in [5, 5.41) is 15.8. The Morgan fingerprint density at radius 2 is 2.10 bits per heavy atom. The Hall–Kier alpha value is -2.05. The van der Waals surface area contributed by atoms with Crippen LogP contribution in [0.1, 0.15) is 43.7 Å². The van der Waals surface area contributed by atoms with E-state index in [1.54, 1.807) is 25.2 Å². The number of carboxylic acid groups (broad SMARTS) is 1. The monoisotopic (exact) mass is 294 g/mol. The summed E-state index contributed by atoms with van der Waals surface area (Å²) >= 11 is 0. The molecule has 1 aromatic heterocycles. The van der Waals surface area contributed by atoms with Crippen molar-refractivity contribution < 1.29 is 14.7 Å². The fraction of sp³-hybridized carbons (Fsp3) is 0.643. The number of aliphatic carboxylic acids is 1. The first-order valence-corrected chi connectivity index (χ1v) is 7.23. The lowest BCUT2D eigenvalue weighted by atomic mass is 9.95. The van der Waals surface area contributed by atoms with Crippen LogP contribution in [0.4, 0.5) is 4.79 Å². The lowest BCUT2D eigenvalue weighted by Crippen LogP contribution is -2.46. The van der Waals surface area contributed by atoms with Gasteiger partial charge in [0, 0.05) is 31.9 Å². The average Bonchev–Trinajstić information content (AvgIpc) is 2.90. The molecule has 1 aliphatic rings. The number of carbonyl (C=O) groups excluding carboxylic acids is 1. The third-order valence-corrected chi connectivity index (χ3v) is 4.02. The van der Waals surface area contributed by atoms with Crippen LogP contribution in [0.15, 0.2) is 12.4 Å². The Morgan fingerprint density at radius 3 is 2.62 bits per heavy atom. The van der Waals surface area contributed by atoms with Gasteiger partial charge in [-0.3, -0.25) is 4.68 Å². The number of nitrogens with one attached hydrogen (secondary N) is 1. The van der Waals surface area contributed by atoms with E-state index < -0.39 is 12.0 Å². The van der Waals surface area contributed by atoms with Crippen molar-refractivity contribution in [2.75, 3.05) is 7.05 Å². The molecule has 1 unspecified atom stereocenters.